The van der Waals surface area contributed by atoms with Crippen molar-refractivity contribution in [1.29, 1.82) is 0 Å². The molecule has 0 unspecified atom stereocenters. The quantitative estimate of drug-likeness (QED) is 0.437. The monoisotopic (exact) mass is 451 g/mol. The van der Waals surface area contributed by atoms with Crippen LogP contribution < -0.4 is 4.74 Å². The highest BCUT2D eigenvalue weighted by atomic mass is 19.1. The van der Waals surface area contributed by atoms with Crippen LogP contribution in [0.15, 0.2) is 72.8 Å². The standard InChI is InChI=1S/C27H27F2NO3/c28-25-12-3-1-8-21(25)14-16-33-22-9-5-7-20(17-22)18-30(19-23-10-6-15-32-23)27(31)24-11-2-4-13-26(24)29/h1-5,7-9,11-13,17,23H,6,10,14-16,18-19H2/t23-/m1/s1. The Morgan fingerprint density at radius 3 is 2.55 bits per heavy atom. The topological polar surface area (TPSA) is 38.8 Å². The largest absolute Gasteiger partial charge is 0.493 e. The van der Waals surface area contributed by atoms with Crippen LogP contribution in [0, 0.1) is 11.6 Å². The van der Waals surface area contributed by atoms with Crippen molar-refractivity contribution in [2.75, 3.05) is 19.8 Å². The molecule has 0 radical (unpaired) electrons. The first-order valence-electron chi connectivity index (χ1n) is 11.2. The first-order chi connectivity index (χ1) is 16.1. The van der Waals surface area contributed by atoms with Gasteiger partial charge >= 0.3 is 0 Å². The number of carbonyl (C=O) groups is 1. The Hall–Kier alpha value is -3.25. The van der Waals surface area contributed by atoms with E-state index in [-0.39, 0.29) is 23.4 Å². The molecular formula is C27H27F2NO3. The Bertz CT molecular complexity index is 1080. The van der Waals surface area contributed by atoms with Gasteiger partial charge in [0.05, 0.1) is 18.3 Å². The number of hydrogen-bond acceptors (Lipinski definition) is 3. The maximum absolute atomic E-state index is 14.3. The van der Waals surface area contributed by atoms with E-state index in [1.54, 1.807) is 35.2 Å². The van der Waals surface area contributed by atoms with Gasteiger partial charge in [0, 0.05) is 26.1 Å². The van der Waals surface area contributed by atoms with Crippen molar-refractivity contribution in [3.63, 3.8) is 0 Å². The molecule has 1 aliphatic heterocycles. The summed E-state index contributed by atoms with van der Waals surface area (Å²) in [6.07, 6.45) is 2.23. The maximum atomic E-state index is 14.3. The number of halogens is 2. The summed E-state index contributed by atoms with van der Waals surface area (Å²) < 4.78 is 39.7. The minimum atomic E-state index is -0.537. The molecule has 172 valence electrons. The highest BCUT2D eigenvalue weighted by Crippen LogP contribution is 2.21. The fraction of sp³-hybridized carbons (Fsp3) is 0.296. The van der Waals surface area contributed by atoms with Crippen molar-refractivity contribution >= 4 is 5.91 Å². The van der Waals surface area contributed by atoms with E-state index in [1.165, 1.54) is 18.2 Å². The second kappa shape index (κ2) is 11.1. The lowest BCUT2D eigenvalue weighted by Crippen LogP contribution is -2.37. The molecule has 1 amide bonds. The van der Waals surface area contributed by atoms with E-state index in [9.17, 15) is 13.6 Å². The summed E-state index contributed by atoms with van der Waals surface area (Å²) in [6.45, 7) is 1.71. The van der Waals surface area contributed by atoms with Crippen LogP contribution >= 0.6 is 0 Å². The maximum Gasteiger partial charge on any atom is 0.257 e. The van der Waals surface area contributed by atoms with Crippen LogP contribution in [0.3, 0.4) is 0 Å². The zero-order valence-corrected chi connectivity index (χ0v) is 18.4. The molecule has 1 saturated heterocycles. The predicted molar refractivity (Wildman–Crippen MR) is 122 cm³/mol. The summed E-state index contributed by atoms with van der Waals surface area (Å²) in [5, 5.41) is 0. The predicted octanol–water partition coefficient (Wildman–Crippen LogP) is 5.41. The molecule has 3 aromatic rings. The molecule has 0 N–H and O–H groups in total. The molecule has 6 heteroatoms. The highest BCUT2D eigenvalue weighted by molar-refractivity contribution is 5.94. The Balaban J connectivity index is 1.44. The van der Waals surface area contributed by atoms with E-state index in [0.717, 1.165) is 18.4 Å². The summed E-state index contributed by atoms with van der Waals surface area (Å²) in [4.78, 5) is 14.8. The van der Waals surface area contributed by atoms with Gasteiger partial charge < -0.3 is 14.4 Å². The normalized spacial score (nSPS) is 15.4. The third-order valence-corrected chi connectivity index (χ3v) is 5.71. The van der Waals surface area contributed by atoms with Gasteiger partial charge in [0.2, 0.25) is 0 Å². The summed E-state index contributed by atoms with van der Waals surface area (Å²) in [5.41, 5.74) is 1.51. The van der Waals surface area contributed by atoms with Gasteiger partial charge in [-0.3, -0.25) is 4.79 Å². The molecule has 1 heterocycles. The van der Waals surface area contributed by atoms with E-state index in [1.807, 2.05) is 24.3 Å². The molecular weight excluding hydrogens is 424 g/mol. The highest BCUT2D eigenvalue weighted by Gasteiger charge is 2.25. The molecule has 0 saturated carbocycles. The second-order valence-corrected chi connectivity index (χ2v) is 8.14. The molecule has 1 atom stereocenters. The van der Waals surface area contributed by atoms with E-state index in [0.29, 0.717) is 44.0 Å². The van der Waals surface area contributed by atoms with Crippen LogP contribution in [0.4, 0.5) is 8.78 Å². The average molecular weight is 452 g/mol. The van der Waals surface area contributed by atoms with Gasteiger partial charge in [-0.05, 0) is 54.3 Å². The van der Waals surface area contributed by atoms with Crippen molar-refractivity contribution in [3.05, 3.63) is 101 Å². The third-order valence-electron chi connectivity index (χ3n) is 5.71. The number of nitrogens with zero attached hydrogens (tertiary/aromatic N) is 1. The van der Waals surface area contributed by atoms with Crippen molar-refractivity contribution in [3.8, 4) is 5.75 Å². The molecule has 0 bridgehead atoms. The number of amides is 1. The number of rotatable bonds is 9. The minimum absolute atomic E-state index is 0.0489. The first kappa shape index (κ1) is 22.9. The van der Waals surface area contributed by atoms with Crippen molar-refractivity contribution in [1.82, 2.24) is 4.90 Å². The second-order valence-electron chi connectivity index (χ2n) is 8.14. The Labute approximate surface area is 192 Å². The fourth-order valence-electron chi connectivity index (χ4n) is 3.99. The van der Waals surface area contributed by atoms with E-state index < -0.39 is 5.82 Å². The van der Waals surface area contributed by atoms with E-state index in [4.69, 9.17) is 9.47 Å². The zero-order valence-electron chi connectivity index (χ0n) is 18.4. The molecule has 1 aliphatic rings. The van der Waals surface area contributed by atoms with Crippen LogP contribution in [0.2, 0.25) is 0 Å². The number of hydrogen-bond donors (Lipinski definition) is 0. The summed E-state index contributed by atoms with van der Waals surface area (Å²) in [5.74, 6) is -0.509. The van der Waals surface area contributed by atoms with Crippen molar-refractivity contribution in [2.45, 2.75) is 31.9 Å². The molecule has 0 spiro atoms. The van der Waals surface area contributed by atoms with Gasteiger partial charge in [-0.15, -0.1) is 0 Å². The SMILES string of the molecule is O=C(c1ccccc1F)N(Cc1cccc(OCCc2ccccc2F)c1)C[C@H]1CCCO1. The van der Waals surface area contributed by atoms with E-state index >= 15 is 0 Å². The van der Waals surface area contributed by atoms with Crippen LogP contribution in [0.1, 0.15) is 34.3 Å². The molecule has 33 heavy (non-hydrogen) atoms. The van der Waals surface area contributed by atoms with Gasteiger partial charge in [-0.25, -0.2) is 8.78 Å². The van der Waals surface area contributed by atoms with E-state index in [2.05, 4.69) is 0 Å². The lowest BCUT2D eigenvalue weighted by molar-refractivity contribution is 0.0503. The van der Waals surface area contributed by atoms with Gasteiger partial charge in [0.15, 0.2) is 0 Å². The molecule has 0 aromatic heterocycles. The molecule has 4 rings (SSSR count). The van der Waals surface area contributed by atoms with Crippen LogP contribution in [0.5, 0.6) is 5.75 Å². The smallest absolute Gasteiger partial charge is 0.257 e. The molecule has 1 fully saturated rings. The minimum Gasteiger partial charge on any atom is -0.493 e. The lowest BCUT2D eigenvalue weighted by atomic mass is 10.1. The van der Waals surface area contributed by atoms with Gasteiger partial charge in [0.1, 0.15) is 17.4 Å². The molecule has 0 aliphatic carbocycles. The van der Waals surface area contributed by atoms with Gasteiger partial charge in [0.25, 0.3) is 5.91 Å². The molecule has 4 nitrogen and oxygen atoms in total. The average Bonchev–Trinajstić information content (AvgIpc) is 3.33. The van der Waals surface area contributed by atoms with Crippen molar-refractivity contribution < 1.29 is 23.0 Å². The Morgan fingerprint density at radius 1 is 1.00 bits per heavy atom. The van der Waals surface area contributed by atoms with Crippen molar-refractivity contribution in [2.24, 2.45) is 0 Å². The van der Waals surface area contributed by atoms with Gasteiger partial charge in [-0.1, -0.05) is 42.5 Å². The molecule has 3 aromatic carbocycles. The fourth-order valence-corrected chi connectivity index (χ4v) is 3.99. The van der Waals surface area contributed by atoms with Crippen LogP contribution in [0.25, 0.3) is 0 Å². The lowest BCUT2D eigenvalue weighted by Gasteiger charge is -2.26. The number of benzene rings is 3. The first-order valence-corrected chi connectivity index (χ1v) is 11.2. The Morgan fingerprint density at radius 2 is 1.79 bits per heavy atom. The zero-order chi connectivity index (χ0) is 23.0. The third kappa shape index (κ3) is 6.17. The summed E-state index contributed by atoms with van der Waals surface area (Å²) in [6, 6.07) is 20.1. The summed E-state index contributed by atoms with van der Waals surface area (Å²) in [7, 11) is 0. The number of carbonyl (C=O) groups excluding carboxylic acids is 1. The van der Waals surface area contributed by atoms with Crippen LogP contribution in [-0.4, -0.2) is 36.7 Å². The van der Waals surface area contributed by atoms with Crippen LogP contribution in [-0.2, 0) is 17.7 Å². The Kier molecular flexibility index (Phi) is 7.68. The number of ether oxygens (including phenoxy) is 2. The summed E-state index contributed by atoms with van der Waals surface area (Å²) >= 11 is 0. The van der Waals surface area contributed by atoms with Gasteiger partial charge in [-0.2, -0.15) is 0 Å².